The Hall–Kier alpha value is 1.60. The van der Waals surface area contributed by atoms with Gasteiger partial charge in [-0.25, -0.2) is 0 Å². The molecule has 0 fully saturated rings. The van der Waals surface area contributed by atoms with Crippen LogP contribution in [0, 0.1) is 0 Å². The van der Waals surface area contributed by atoms with Crippen LogP contribution in [0.1, 0.15) is 0 Å². The van der Waals surface area contributed by atoms with Gasteiger partial charge in [-0.3, -0.25) is 0 Å². The van der Waals surface area contributed by atoms with Crippen molar-refractivity contribution in [2.75, 3.05) is 267 Å². The van der Waals surface area contributed by atoms with Gasteiger partial charge in [-0.05, 0) is 109 Å². The van der Waals surface area contributed by atoms with Crippen LogP contribution < -0.4 is 40.9 Å². The molecule has 0 aromatic carbocycles. The van der Waals surface area contributed by atoms with Crippen molar-refractivity contribution in [3.05, 3.63) is 43.3 Å². The summed E-state index contributed by atoms with van der Waals surface area (Å²) in [5, 5.41) is 213. The molecule has 0 amide bonds. The predicted molar refractivity (Wildman–Crippen MR) is 363 cm³/mol. The van der Waals surface area contributed by atoms with Crippen LogP contribution in [-0.4, -0.2) is 388 Å². The summed E-state index contributed by atoms with van der Waals surface area (Å²) in [6.07, 6.45) is 0. The van der Waals surface area contributed by atoms with Gasteiger partial charge >= 0.3 is 137 Å². The van der Waals surface area contributed by atoms with Gasteiger partial charge in [-0.2, -0.15) is 41.3 Å². The van der Waals surface area contributed by atoms with E-state index in [1.54, 1.807) is 39.2 Å². The zero-order valence-electron chi connectivity index (χ0n) is 54.3. The minimum Gasteiger partial charge on any atom is -0.854 e. The van der Waals surface area contributed by atoms with E-state index in [0.29, 0.717) is 105 Å². The van der Waals surface area contributed by atoms with Gasteiger partial charge in [-0.15, -0.1) is 52.9 Å². The maximum absolute atomic E-state index is 9.89. The molecular formula is C48H96Cu8N16O16S8. The zero-order valence-corrected chi connectivity index (χ0v) is 68.4. The van der Waals surface area contributed by atoms with E-state index in [2.05, 4.69) is 97.7 Å². The fourth-order valence-electron chi connectivity index (χ4n) is 3.51. The Morgan fingerprint density at radius 1 is 0.198 bits per heavy atom. The normalized spacial score (nSPS) is 7.67. The first kappa shape index (κ1) is 168. The third kappa shape index (κ3) is 348. The Balaban J connectivity index is -0.0000000265. The van der Waals surface area contributed by atoms with Gasteiger partial charge in [0.05, 0.1) is 52.9 Å². The van der Waals surface area contributed by atoms with Crippen LogP contribution in [0.4, 0.5) is 0 Å². The number of rotatable bonds is 32. The van der Waals surface area contributed by atoms with Gasteiger partial charge in [0.1, 0.15) is 0 Å². The summed E-state index contributed by atoms with van der Waals surface area (Å²) in [6, 6.07) is 0. The summed E-state index contributed by atoms with van der Waals surface area (Å²) in [5.74, 6) is 0. The maximum atomic E-state index is 9.89. The second-order valence-electron chi connectivity index (χ2n) is 14.6. The molecule has 0 saturated carbocycles. The fourth-order valence-corrected chi connectivity index (χ4v) is 3.51. The van der Waals surface area contributed by atoms with Crippen molar-refractivity contribution in [2.45, 2.75) is 0 Å². The number of hydrogen-bond donors (Lipinski definition) is 8. The molecule has 96 heavy (non-hydrogen) atoms. The molecule has 0 bridgehead atoms. The zero-order chi connectivity index (χ0) is 72.9. The summed E-state index contributed by atoms with van der Waals surface area (Å²) in [4.78, 5) is 14.4. The molecule has 0 aliphatic rings. The third-order valence-corrected chi connectivity index (χ3v) is 7.64. The number of hydrogen-bond acceptors (Lipinski definition) is 32. The van der Waals surface area contributed by atoms with Crippen molar-refractivity contribution in [2.24, 2.45) is 0 Å². The van der Waals surface area contributed by atoms with E-state index >= 15 is 0 Å². The SMILES string of the molecule is CN(CC[O-])CCO.CN(CC[O-])CCO.CN(CC[O-])CCO.CN(CC[O-])CCO.CN(CC[O-])CCO.CN(CC[O-])CCO.CN(CC[O-])CCO.CN(CC[O-])CCO.[Cu+2].[Cu+2].[Cu+2].[Cu+2].[Cu+2].[Cu+2].[Cu+2].[Cu+2].[N-]=C=S.[N-]=C=S.[N-]=C=S.[N-]=C=S.[N-]=C=S.[N-]=C=S.[N-]=C=S.[N-]=C=S. The summed E-state index contributed by atoms with van der Waals surface area (Å²) < 4.78 is 0. The molecule has 0 atom stereocenters. The van der Waals surface area contributed by atoms with Crippen molar-refractivity contribution in [3.63, 3.8) is 0 Å². The first-order valence-electron chi connectivity index (χ1n) is 24.9. The monoisotopic (exact) mass is 1910 g/mol. The van der Waals surface area contributed by atoms with Crippen molar-refractivity contribution in [1.82, 2.24) is 39.2 Å². The second-order valence-corrected chi connectivity index (χ2v) is 16.0. The van der Waals surface area contributed by atoms with Crippen LogP contribution in [0.25, 0.3) is 43.3 Å². The summed E-state index contributed by atoms with van der Waals surface area (Å²) in [6.45, 7) is 9.41. The molecule has 0 spiro atoms. The number of isothiocyanates is 8. The summed E-state index contributed by atoms with van der Waals surface area (Å²) in [7, 11) is 14.5. The summed E-state index contributed by atoms with van der Waals surface area (Å²) in [5.41, 5.74) is 0. The van der Waals surface area contributed by atoms with Crippen molar-refractivity contribution < 1.29 is 218 Å². The number of aliphatic hydroxyl groups is 8. The molecule has 0 aromatic rings. The van der Waals surface area contributed by atoms with Gasteiger partial charge in [0.2, 0.25) is 0 Å². The Kier molecular flexibility index (Phi) is 359. The average molecular weight is 1920 g/mol. The molecule has 32 nitrogen and oxygen atoms in total. The smallest absolute Gasteiger partial charge is 0.854 e. The van der Waals surface area contributed by atoms with Crippen molar-refractivity contribution in [1.29, 1.82) is 0 Å². The van der Waals surface area contributed by atoms with Crippen LogP contribution in [0.3, 0.4) is 0 Å². The number of likely N-dealkylation sites (N-methyl/N-ethyl adjacent to an activating group) is 8. The molecule has 0 aromatic heterocycles. The standard InChI is InChI=1S/8C5H12NO2.8CNS.8Cu/c8*1-6(2-4-7)3-5-8;8*2-1-3;;;;;;;;/h8*7H,2-5H2,1H3;;;;;;;;;;;;;;;;/q16*-1;8*+2. The van der Waals surface area contributed by atoms with E-state index in [9.17, 15) is 40.9 Å². The molecule has 600 valence electrons. The van der Waals surface area contributed by atoms with E-state index in [0.717, 1.165) is 0 Å². The van der Waals surface area contributed by atoms with Gasteiger partial charge in [-0.1, -0.05) is 97.7 Å². The molecule has 0 rings (SSSR count). The number of aliphatic hydroxyl groups excluding tert-OH is 8. The van der Waals surface area contributed by atoms with Gasteiger partial charge < -0.3 is 164 Å². The van der Waals surface area contributed by atoms with E-state index in [1.165, 1.54) is 41.3 Å². The largest absolute Gasteiger partial charge is 2.00 e. The molecule has 0 aliphatic carbocycles. The van der Waals surface area contributed by atoms with E-state index in [4.69, 9.17) is 84.1 Å². The maximum Gasteiger partial charge on any atom is 2.00 e. The minimum absolute atomic E-state index is 0. The van der Waals surface area contributed by atoms with Gasteiger partial charge in [0.15, 0.2) is 0 Å². The first-order valence-corrected chi connectivity index (χ1v) is 28.2. The van der Waals surface area contributed by atoms with Gasteiger partial charge in [0.25, 0.3) is 0 Å². The quantitative estimate of drug-likeness (QED) is 0.0176. The molecule has 8 N–H and O–H groups in total. The van der Waals surface area contributed by atoms with Crippen LogP contribution in [0.5, 0.6) is 0 Å². The molecule has 8 radical (unpaired) electrons. The molecular weight excluding hydrogens is 1820 g/mol. The van der Waals surface area contributed by atoms with E-state index in [-0.39, 0.29) is 242 Å². The van der Waals surface area contributed by atoms with Crippen molar-refractivity contribution >= 4 is 139 Å². The van der Waals surface area contributed by atoms with Crippen LogP contribution in [0.2, 0.25) is 0 Å². The fraction of sp³-hybridized carbons (Fsp3) is 0.833. The molecule has 48 heteroatoms. The minimum atomic E-state index is -0.0868. The third-order valence-electron chi connectivity index (χ3n) is 7.64. The summed E-state index contributed by atoms with van der Waals surface area (Å²) >= 11 is 29.6. The van der Waals surface area contributed by atoms with Crippen LogP contribution >= 0.6 is 97.7 Å². The number of nitrogens with zero attached hydrogens (tertiary/aromatic N) is 16. The van der Waals surface area contributed by atoms with Gasteiger partial charge in [0, 0.05) is 52.4 Å². The Morgan fingerprint density at radius 2 is 0.250 bits per heavy atom. The van der Waals surface area contributed by atoms with E-state index < -0.39 is 0 Å². The van der Waals surface area contributed by atoms with Crippen LogP contribution in [0.15, 0.2) is 0 Å². The van der Waals surface area contributed by atoms with Crippen LogP contribution in [-0.2, 0) is 137 Å². The Morgan fingerprint density at radius 3 is 0.281 bits per heavy atom. The molecule has 0 aliphatic heterocycles. The molecule has 0 heterocycles. The topological polar surface area (TPSA) is 551 Å². The Bertz CT molecular complexity index is 1140. The predicted octanol–water partition coefficient (Wildman–Crippen LogP) is -8.58. The van der Waals surface area contributed by atoms with Crippen molar-refractivity contribution in [3.8, 4) is 0 Å². The Labute approximate surface area is 699 Å². The first-order chi connectivity index (χ1) is 41.8. The number of thiocarbonyl (C=S) groups is 8. The molecule has 0 unspecified atom stereocenters. The molecule has 0 saturated heterocycles. The second kappa shape index (κ2) is 205. The van der Waals surface area contributed by atoms with E-state index in [1.807, 2.05) is 56.4 Å². The average Bonchev–Trinajstić information content (AvgIpc) is 3.43.